The number of nitrogens with zero attached hydrogens (tertiary/aromatic N) is 3. The molecule has 2 saturated heterocycles. The number of aliphatic hydroxyl groups is 2. The molecule has 0 radical (unpaired) electrons. The summed E-state index contributed by atoms with van der Waals surface area (Å²) in [5.41, 5.74) is 5.24. The van der Waals surface area contributed by atoms with E-state index in [0.29, 0.717) is 81.8 Å². The number of nitrogen functional groups attached to an aromatic ring is 1. The van der Waals surface area contributed by atoms with E-state index >= 15 is 4.79 Å². The number of carbonyl (C=O) groups excluding carboxylic acids is 3. The molecule has 2 bridgehead atoms. The van der Waals surface area contributed by atoms with E-state index in [9.17, 15) is 19.8 Å². The van der Waals surface area contributed by atoms with E-state index in [2.05, 4.69) is 20.9 Å². The van der Waals surface area contributed by atoms with Crippen molar-refractivity contribution < 1.29 is 43.5 Å². The maximum absolute atomic E-state index is 15.4. The minimum absolute atomic E-state index is 0.144. The molecule has 14 nitrogen and oxygen atoms in total. The normalized spacial score (nSPS) is 36.5. The summed E-state index contributed by atoms with van der Waals surface area (Å²) in [5, 5.41) is 26.4. The van der Waals surface area contributed by atoms with Gasteiger partial charge in [0, 0.05) is 79.2 Å². The summed E-state index contributed by atoms with van der Waals surface area (Å²) >= 11 is 0. The summed E-state index contributed by atoms with van der Waals surface area (Å²) in [4.78, 5) is 53.2. The fourth-order valence-corrected chi connectivity index (χ4v) is 13.7. The van der Waals surface area contributed by atoms with Gasteiger partial charge in [0.1, 0.15) is 11.2 Å². The number of hydrogen-bond donors (Lipinski definition) is 4. The van der Waals surface area contributed by atoms with Crippen molar-refractivity contribution in [2.45, 2.75) is 99.5 Å². The lowest BCUT2D eigenvalue weighted by Gasteiger charge is -2.63. The van der Waals surface area contributed by atoms with Gasteiger partial charge in [0.2, 0.25) is 5.60 Å². The molecule has 60 heavy (non-hydrogen) atoms. The zero-order chi connectivity index (χ0) is 42.7. The standard InChI is InChI=1S/C46H59N5O9/c1-8-42(55)22-27-23-45(40(53)58-6,36-29(15-19-50(24-27)25-42)28-13-10-11-14-32(28)48-36)31-21-30-34(33(47)35(31)57-5)49(4)38-44(30)17-20-51-18-12-16-43(9-2,37(44)51)39(60-26(3)52)46(38,56)41(54)59-7/h10-14,16,21,27,37-39,48,55-56H,8-9,15,17-20,22-25,47H2,1-7H3/t27-,37+,38-,39-,42+,43-,44-,45+,46+/m1/s1. The molecule has 1 aromatic heterocycles. The van der Waals surface area contributed by atoms with Crippen LogP contribution in [0.1, 0.15) is 75.3 Å². The fourth-order valence-electron chi connectivity index (χ4n) is 13.7. The van der Waals surface area contributed by atoms with E-state index in [0.717, 1.165) is 22.0 Å². The van der Waals surface area contributed by atoms with E-state index in [-0.39, 0.29) is 29.8 Å². The van der Waals surface area contributed by atoms with Gasteiger partial charge in [-0.05, 0) is 74.2 Å². The molecular weight excluding hydrogens is 767 g/mol. The summed E-state index contributed by atoms with van der Waals surface area (Å²) in [6, 6.07) is 8.73. The number of nitrogens with one attached hydrogen (secondary N) is 1. The summed E-state index contributed by atoms with van der Waals surface area (Å²) < 4.78 is 23.9. The smallest absolute Gasteiger partial charge is 0.344 e. The Morgan fingerprint density at radius 2 is 1.73 bits per heavy atom. The third-order valence-corrected chi connectivity index (χ3v) is 15.7. The summed E-state index contributed by atoms with van der Waals surface area (Å²) in [6.45, 7) is 8.42. The number of piperidine rings is 1. The van der Waals surface area contributed by atoms with E-state index < -0.39 is 57.5 Å². The van der Waals surface area contributed by atoms with Crippen molar-refractivity contribution in [2.75, 3.05) is 71.7 Å². The largest absolute Gasteiger partial charge is 0.494 e. The lowest BCUT2D eigenvalue weighted by atomic mass is 9.47. The van der Waals surface area contributed by atoms with Crippen molar-refractivity contribution in [3.63, 3.8) is 0 Å². The second kappa shape index (κ2) is 13.9. The van der Waals surface area contributed by atoms with Gasteiger partial charge >= 0.3 is 17.9 Å². The van der Waals surface area contributed by atoms with Gasteiger partial charge in [-0.3, -0.25) is 19.4 Å². The predicted molar refractivity (Wildman–Crippen MR) is 225 cm³/mol. The average Bonchev–Trinajstić information content (AvgIpc) is 3.90. The molecule has 1 saturated carbocycles. The maximum Gasteiger partial charge on any atom is 0.344 e. The van der Waals surface area contributed by atoms with Crippen LogP contribution in [0.5, 0.6) is 5.75 Å². The number of esters is 3. The van der Waals surface area contributed by atoms with Crippen molar-refractivity contribution in [1.82, 2.24) is 14.8 Å². The third-order valence-electron chi connectivity index (χ3n) is 15.7. The molecule has 5 N–H and O–H groups in total. The highest BCUT2D eigenvalue weighted by Gasteiger charge is 2.80. The van der Waals surface area contributed by atoms with Gasteiger partial charge in [0.15, 0.2) is 6.10 Å². The van der Waals surface area contributed by atoms with Crippen molar-refractivity contribution in [3.05, 3.63) is 64.9 Å². The molecular formula is C46H59N5O9. The van der Waals surface area contributed by atoms with Crippen LogP contribution >= 0.6 is 0 Å². The Morgan fingerprint density at radius 1 is 0.983 bits per heavy atom. The topological polar surface area (TPSA) is 180 Å². The van der Waals surface area contributed by atoms with Crippen molar-refractivity contribution in [3.8, 4) is 5.75 Å². The Hall–Kier alpha value is -4.63. The van der Waals surface area contributed by atoms with Crippen LogP contribution in [0.3, 0.4) is 0 Å². The number of aromatic amines is 1. The molecule has 1 aliphatic carbocycles. The van der Waals surface area contributed by atoms with Gasteiger partial charge in [-0.25, -0.2) is 4.79 Å². The number of hydrogen-bond acceptors (Lipinski definition) is 13. The lowest BCUT2D eigenvalue weighted by Crippen LogP contribution is -2.81. The lowest BCUT2D eigenvalue weighted by molar-refractivity contribution is -0.228. The first-order valence-electron chi connectivity index (χ1n) is 21.4. The Kier molecular flexibility index (Phi) is 9.48. The Labute approximate surface area is 350 Å². The zero-order valence-electron chi connectivity index (χ0n) is 35.8. The molecule has 1 spiro atoms. The quantitative estimate of drug-likeness (QED) is 0.118. The molecule has 3 aromatic rings. The first-order chi connectivity index (χ1) is 28.6. The zero-order valence-corrected chi connectivity index (χ0v) is 35.8. The highest BCUT2D eigenvalue weighted by molar-refractivity contribution is 5.97. The molecule has 14 heteroatoms. The molecule has 0 amide bonds. The van der Waals surface area contributed by atoms with Crippen LogP contribution < -0.4 is 15.4 Å². The molecule has 3 fully saturated rings. The van der Waals surface area contributed by atoms with Gasteiger partial charge in [0.25, 0.3) is 0 Å². The number of fused-ring (bicyclic) bond motifs is 6. The van der Waals surface area contributed by atoms with E-state index in [1.54, 1.807) is 14.2 Å². The van der Waals surface area contributed by atoms with Crippen molar-refractivity contribution in [1.29, 1.82) is 0 Å². The maximum atomic E-state index is 15.4. The molecule has 1 unspecified atom stereocenters. The first-order valence-corrected chi connectivity index (χ1v) is 21.4. The third kappa shape index (κ3) is 5.10. The minimum atomic E-state index is -2.36. The molecule has 6 heterocycles. The SMILES string of the molecule is CC[C@]1(O)C[C@H]2CN(CCc3c([nH]c4ccccc34)[C@@](C(=O)OC)(c3cc4c(c(N)c3OC)N(C)[C@H]3[C@@](O)(C(=O)OC)[C@H](OC(C)=O)[C@]5(CC)C=CCN6CC[C@]43[C@@H]65)C2)C1. The Morgan fingerprint density at radius 3 is 2.42 bits per heavy atom. The number of likely N-dealkylation sites (N-methyl/N-ethyl adjacent to an activating group) is 1. The number of rotatable bonds is 7. The number of anilines is 2. The van der Waals surface area contributed by atoms with Crippen LogP contribution in [-0.4, -0.2) is 133 Å². The number of carbonyl (C=O) groups is 3. The van der Waals surface area contributed by atoms with Gasteiger partial charge in [-0.15, -0.1) is 0 Å². The van der Waals surface area contributed by atoms with Crippen LogP contribution in [0.4, 0.5) is 11.4 Å². The number of benzene rings is 2. The van der Waals surface area contributed by atoms with Gasteiger partial charge in [-0.2, -0.15) is 0 Å². The molecule has 322 valence electrons. The second-order valence-electron chi connectivity index (χ2n) is 18.4. The van der Waals surface area contributed by atoms with Crippen LogP contribution in [0.15, 0.2) is 42.5 Å². The summed E-state index contributed by atoms with van der Waals surface area (Å²) in [5.74, 6) is -1.90. The monoisotopic (exact) mass is 825 g/mol. The molecule has 2 aromatic carbocycles. The number of methoxy groups -OCH3 is 3. The number of ether oxygens (including phenoxy) is 4. The van der Waals surface area contributed by atoms with E-state index in [4.69, 9.17) is 24.7 Å². The highest BCUT2D eigenvalue weighted by Crippen LogP contribution is 2.69. The van der Waals surface area contributed by atoms with Crippen molar-refractivity contribution in [2.24, 2.45) is 11.3 Å². The second-order valence-corrected chi connectivity index (χ2v) is 18.4. The van der Waals surface area contributed by atoms with Gasteiger partial charge in [-0.1, -0.05) is 44.2 Å². The Bertz CT molecular complexity index is 2310. The van der Waals surface area contributed by atoms with Crippen LogP contribution in [0.2, 0.25) is 0 Å². The van der Waals surface area contributed by atoms with E-state index in [1.165, 1.54) is 21.1 Å². The fraction of sp³-hybridized carbons (Fsp3) is 0.587. The molecule has 5 aliphatic heterocycles. The molecule has 10 atom stereocenters. The van der Waals surface area contributed by atoms with E-state index in [1.807, 2.05) is 55.2 Å². The molecule has 6 aliphatic rings. The average molecular weight is 826 g/mol. The van der Waals surface area contributed by atoms with Crippen LogP contribution in [0, 0.1) is 11.3 Å². The number of H-pyrrole nitrogens is 1. The van der Waals surface area contributed by atoms with Crippen LogP contribution in [0.25, 0.3) is 10.9 Å². The number of aromatic nitrogens is 1. The van der Waals surface area contributed by atoms with Gasteiger partial charge in [0.05, 0.1) is 44.3 Å². The number of nitrogens with two attached hydrogens (primary N) is 1. The highest BCUT2D eigenvalue weighted by atomic mass is 16.6. The first kappa shape index (κ1) is 40.8. The minimum Gasteiger partial charge on any atom is -0.494 e. The summed E-state index contributed by atoms with van der Waals surface area (Å²) in [7, 11) is 5.99. The summed E-state index contributed by atoms with van der Waals surface area (Å²) in [6.07, 6.45) is 5.63. The number of para-hydroxylation sites is 1. The van der Waals surface area contributed by atoms with Crippen LogP contribution in [-0.2, 0) is 45.8 Å². The molecule has 9 rings (SSSR count). The van der Waals surface area contributed by atoms with Gasteiger partial charge < -0.3 is 44.8 Å². The predicted octanol–water partition coefficient (Wildman–Crippen LogP) is 3.57. The van der Waals surface area contributed by atoms with Crippen molar-refractivity contribution >= 4 is 40.2 Å². The Balaban J connectivity index is 1.39.